The van der Waals surface area contributed by atoms with Crippen LogP contribution < -0.4 is 5.73 Å². The van der Waals surface area contributed by atoms with Crippen LogP contribution in [0.25, 0.3) is 11.2 Å². The Balaban J connectivity index is 1.32. The molecule has 2 aliphatic heterocycles. The highest BCUT2D eigenvalue weighted by Crippen LogP contribution is 2.67. The number of thiol groups is 1. The molecule has 1 aliphatic carbocycles. The van der Waals surface area contributed by atoms with Crippen molar-refractivity contribution in [3.05, 3.63) is 12.7 Å². The summed E-state index contributed by atoms with van der Waals surface area (Å²) in [4.78, 5) is 22.3. The van der Waals surface area contributed by atoms with Gasteiger partial charge in [0.15, 0.2) is 24.0 Å². The first-order chi connectivity index (χ1) is 21.0. The summed E-state index contributed by atoms with van der Waals surface area (Å²) in [7, 11) is -4.40. The predicted molar refractivity (Wildman–Crippen MR) is 146 cm³/mol. The van der Waals surface area contributed by atoms with E-state index in [1.54, 1.807) is 0 Å². The maximum absolute atomic E-state index is 16.4. The number of anilines is 1. The van der Waals surface area contributed by atoms with E-state index in [9.17, 15) is 39.6 Å². The van der Waals surface area contributed by atoms with Crippen LogP contribution in [0.1, 0.15) is 19.1 Å². The number of aliphatic hydroxyl groups is 6. The fourth-order valence-electron chi connectivity index (χ4n) is 5.44. The molecule has 4 heterocycles. The van der Waals surface area contributed by atoms with Gasteiger partial charge in [-0.3, -0.25) is 13.6 Å². The minimum atomic E-state index is -5.63. The Morgan fingerprint density at radius 1 is 1.20 bits per heavy atom. The number of aliphatic hydroxyl groups excluding tert-OH is 6. The molecule has 45 heavy (non-hydrogen) atoms. The van der Waals surface area contributed by atoms with Crippen molar-refractivity contribution in [2.24, 2.45) is 5.92 Å². The maximum Gasteiger partial charge on any atom is 0.482 e. The summed E-state index contributed by atoms with van der Waals surface area (Å²) in [6.07, 6.45) is -12.3. The molecule has 20 nitrogen and oxygen atoms in total. The number of methoxy groups -OCH3 is 1. The summed E-state index contributed by atoms with van der Waals surface area (Å²) in [5.41, 5.74) is 4.38. The quantitative estimate of drug-likeness (QED) is 0.0860. The minimum Gasteiger partial charge on any atom is -0.394 e. The number of rotatable bonds is 12. The molecule has 0 spiro atoms. The van der Waals surface area contributed by atoms with E-state index >= 15 is 4.39 Å². The van der Waals surface area contributed by atoms with Gasteiger partial charge < -0.3 is 55.5 Å². The van der Waals surface area contributed by atoms with Crippen LogP contribution in [0.15, 0.2) is 12.7 Å². The summed E-state index contributed by atoms with van der Waals surface area (Å²) in [5, 5.41) is 60.3. The molecule has 3 aliphatic rings. The molecule has 0 radical (unpaired) electrons. The second-order valence-electron chi connectivity index (χ2n) is 10.7. The lowest BCUT2D eigenvalue weighted by molar-refractivity contribution is -0.292. The van der Waals surface area contributed by atoms with E-state index in [1.807, 2.05) is 0 Å². The lowest BCUT2D eigenvalue weighted by Crippen LogP contribution is -2.61. The number of phosphoric ester groups is 1. The van der Waals surface area contributed by atoms with Crippen molar-refractivity contribution < 1.29 is 76.6 Å². The van der Waals surface area contributed by atoms with Crippen molar-refractivity contribution in [2.75, 3.05) is 26.1 Å². The Morgan fingerprint density at radius 2 is 1.89 bits per heavy atom. The fraction of sp³-hybridized carbons (Fsp3) is 0.762. The number of aromatic nitrogens is 4. The first-order valence-electron chi connectivity index (χ1n) is 13.2. The highest BCUT2D eigenvalue weighted by Gasteiger charge is 2.71. The van der Waals surface area contributed by atoms with Crippen molar-refractivity contribution >= 4 is 43.9 Å². The van der Waals surface area contributed by atoms with Crippen molar-refractivity contribution in [3.63, 3.8) is 0 Å². The van der Waals surface area contributed by atoms with Crippen LogP contribution >= 0.6 is 26.9 Å². The number of hydrogen-bond acceptors (Lipinski definition) is 18. The maximum atomic E-state index is 16.4. The lowest BCUT2D eigenvalue weighted by atomic mass is 9.87. The molecule has 0 amide bonds. The van der Waals surface area contributed by atoms with Gasteiger partial charge in [0, 0.05) is 7.11 Å². The molecule has 9 N–H and O–H groups in total. The molecular weight excluding hydrogens is 675 g/mol. The highest BCUT2D eigenvalue weighted by atomic mass is 32.7. The first-order valence-corrected chi connectivity index (χ1v) is 17.4. The SMILES string of the molecule is CO[C@@]1(C2CC2)[C@H](n2cnc3c(N)ncnc32)O[C@](F)(COP(=O)(S)OP(=O)(O)OC2OC([C@@H](O)CO)C(O)C(O)C2O)[C@H]1O. The monoisotopic (exact) mass is 707 g/mol. The number of fused-ring (bicyclic) bond motifs is 1. The Bertz CT molecular complexity index is 1490. The van der Waals surface area contributed by atoms with Crippen LogP contribution in [-0.2, 0) is 36.7 Å². The van der Waals surface area contributed by atoms with E-state index in [-0.39, 0.29) is 17.0 Å². The van der Waals surface area contributed by atoms with Gasteiger partial charge in [-0.15, -0.1) is 0 Å². The van der Waals surface area contributed by atoms with E-state index in [0.29, 0.717) is 12.8 Å². The Kier molecular flexibility index (Phi) is 9.73. The molecule has 5 rings (SSSR count). The van der Waals surface area contributed by atoms with Gasteiger partial charge in [0.2, 0.25) is 0 Å². The van der Waals surface area contributed by atoms with Gasteiger partial charge in [-0.2, -0.15) is 4.31 Å². The molecule has 254 valence electrons. The molecule has 2 aromatic heterocycles. The van der Waals surface area contributed by atoms with Gasteiger partial charge in [-0.25, -0.2) is 28.5 Å². The van der Waals surface area contributed by atoms with Crippen molar-refractivity contribution in [3.8, 4) is 0 Å². The zero-order chi connectivity index (χ0) is 33.1. The number of nitrogens with two attached hydrogens (primary N) is 1. The number of imidazole rings is 1. The standard InChI is InChI=1S/C21H32FN5O15P2S/c1-37-21(8-2-3-8)18(33)20(22,40-19(21)27-7-26-10-15(23)24-6-25-16(10)27)5-38-44(36,45)42-43(34,35)41-17-13(32)11(30)12(31)14(39-17)9(29)4-28/h6-9,11-14,17-19,28-33H,2-5H2,1H3,(H,34,35)(H,36,45)(H2,23,24,25)/t9-,11?,12?,13?,14?,17?,18+,19+,20+,21+,44?/m0/s1. The summed E-state index contributed by atoms with van der Waals surface area (Å²) < 4.78 is 73.6. The third-order valence-corrected chi connectivity index (χ3v) is 11.4. The van der Waals surface area contributed by atoms with Crippen LogP contribution in [0.2, 0.25) is 0 Å². The summed E-state index contributed by atoms with van der Waals surface area (Å²) in [6, 6.07) is 0. The van der Waals surface area contributed by atoms with Gasteiger partial charge in [0.1, 0.15) is 60.7 Å². The normalized spacial score (nSPS) is 39.0. The second kappa shape index (κ2) is 12.5. The summed E-state index contributed by atoms with van der Waals surface area (Å²) in [5.74, 6) is -3.61. The summed E-state index contributed by atoms with van der Waals surface area (Å²) in [6.45, 7) is -7.46. The number of phosphoric acid groups is 1. The number of nitrogens with zero attached hydrogens (tertiary/aromatic N) is 4. The van der Waals surface area contributed by atoms with E-state index in [1.165, 1.54) is 18.0 Å². The Hall–Kier alpha value is -1.43. The zero-order valence-corrected chi connectivity index (χ0v) is 25.8. The molecule has 0 aromatic carbocycles. The van der Waals surface area contributed by atoms with Crippen LogP contribution in [-0.4, -0.2) is 130 Å². The molecule has 24 heteroatoms. The first kappa shape index (κ1) is 34.9. The van der Waals surface area contributed by atoms with Crippen molar-refractivity contribution in [1.82, 2.24) is 19.5 Å². The lowest BCUT2D eigenvalue weighted by Gasteiger charge is -2.41. The zero-order valence-electron chi connectivity index (χ0n) is 23.2. The topological polar surface area (TPSA) is 301 Å². The van der Waals surface area contributed by atoms with Crippen LogP contribution in [0, 0.1) is 5.92 Å². The molecular formula is C21H32FN5O15P2S. The number of halogens is 1. The molecule has 0 bridgehead atoms. The van der Waals surface area contributed by atoms with E-state index < -0.39 is 94.3 Å². The van der Waals surface area contributed by atoms with Gasteiger partial charge in [-0.1, -0.05) is 12.2 Å². The Labute approximate surface area is 258 Å². The molecule has 2 saturated heterocycles. The average molecular weight is 708 g/mol. The molecule has 7 unspecified atom stereocenters. The third-order valence-electron chi connectivity index (χ3n) is 7.78. The van der Waals surface area contributed by atoms with Crippen LogP contribution in [0.5, 0.6) is 0 Å². The van der Waals surface area contributed by atoms with Gasteiger partial charge in [-0.05, 0) is 18.8 Å². The Morgan fingerprint density at radius 3 is 2.51 bits per heavy atom. The molecule has 1 saturated carbocycles. The smallest absolute Gasteiger partial charge is 0.394 e. The molecule has 2 aromatic rings. The van der Waals surface area contributed by atoms with Crippen LogP contribution in [0.4, 0.5) is 10.2 Å². The summed E-state index contributed by atoms with van der Waals surface area (Å²) >= 11 is 3.57. The van der Waals surface area contributed by atoms with E-state index in [2.05, 4.69) is 36.0 Å². The second-order valence-corrected chi connectivity index (χ2v) is 15.1. The van der Waals surface area contributed by atoms with Crippen molar-refractivity contribution in [2.45, 2.75) is 73.4 Å². The van der Waals surface area contributed by atoms with Gasteiger partial charge in [0.25, 0.3) is 5.85 Å². The van der Waals surface area contributed by atoms with Crippen molar-refractivity contribution in [1.29, 1.82) is 0 Å². The fourth-order valence-corrected chi connectivity index (χ4v) is 8.60. The highest BCUT2D eigenvalue weighted by molar-refractivity contribution is 8.45. The van der Waals surface area contributed by atoms with Gasteiger partial charge in [0.05, 0.1) is 12.9 Å². The third kappa shape index (κ3) is 6.41. The number of alkyl halides is 1. The average Bonchev–Trinajstić information content (AvgIpc) is 3.69. The van der Waals surface area contributed by atoms with Gasteiger partial charge >= 0.3 is 14.6 Å². The largest absolute Gasteiger partial charge is 0.482 e. The molecule has 3 fully saturated rings. The van der Waals surface area contributed by atoms with E-state index in [0.717, 1.165) is 6.33 Å². The predicted octanol–water partition coefficient (Wildman–Crippen LogP) is -1.89. The molecule has 12 atom stereocenters. The van der Waals surface area contributed by atoms with E-state index in [4.69, 9.17) is 29.6 Å². The number of nitrogen functional groups attached to an aromatic ring is 1. The number of hydrogen-bond donors (Lipinski definition) is 9. The number of ether oxygens (including phenoxy) is 3. The van der Waals surface area contributed by atoms with Crippen LogP contribution in [0.3, 0.4) is 0 Å². The minimum absolute atomic E-state index is 0.0160.